The van der Waals surface area contributed by atoms with E-state index in [-0.39, 0.29) is 0 Å². The van der Waals surface area contributed by atoms with Gasteiger partial charge in [0, 0.05) is 0 Å². The van der Waals surface area contributed by atoms with Crippen LogP contribution in [0.15, 0.2) is 30.3 Å². The molecule has 0 radical (unpaired) electrons. The third-order valence-corrected chi connectivity index (χ3v) is 1.89. The summed E-state index contributed by atoms with van der Waals surface area (Å²) in [6.07, 6.45) is 1.80. The van der Waals surface area contributed by atoms with Crippen molar-refractivity contribution in [2.45, 2.75) is 13.8 Å². The number of rotatable bonds is 3. The van der Waals surface area contributed by atoms with E-state index in [1.54, 1.807) is 6.08 Å². The molecule has 1 rings (SSSR count). The van der Waals surface area contributed by atoms with E-state index in [1.165, 1.54) is 0 Å². The number of hydrogen-bond donors (Lipinski definition) is 0. The Hall–Kier alpha value is -1.75. The van der Waals surface area contributed by atoms with Crippen molar-refractivity contribution < 1.29 is 4.74 Å². The van der Waals surface area contributed by atoms with Gasteiger partial charge < -0.3 is 4.74 Å². The molecule has 1 aromatic carbocycles. The van der Waals surface area contributed by atoms with Crippen LogP contribution in [0.1, 0.15) is 19.4 Å². The molecule has 0 spiro atoms. The number of hydrogen-bond acceptors (Lipinski definition) is 2. The second kappa shape index (κ2) is 5.08. The van der Waals surface area contributed by atoms with Crippen molar-refractivity contribution in [1.82, 2.24) is 0 Å². The van der Waals surface area contributed by atoms with Gasteiger partial charge in [-0.05, 0) is 43.7 Å². The Bertz CT molecular complexity index is 357. The zero-order valence-electron chi connectivity index (χ0n) is 8.45. The maximum Gasteiger partial charge on any atom is 0.119 e. The molecule has 0 fully saturated rings. The minimum absolute atomic E-state index is 0.661. The molecular weight excluding hydrogens is 174 g/mol. The van der Waals surface area contributed by atoms with Crippen molar-refractivity contribution in [1.29, 1.82) is 5.26 Å². The summed E-state index contributed by atoms with van der Waals surface area (Å²) in [6.45, 7) is 4.46. The van der Waals surface area contributed by atoms with Gasteiger partial charge in [-0.15, -0.1) is 0 Å². The van der Waals surface area contributed by atoms with Gasteiger partial charge in [0.25, 0.3) is 0 Å². The summed E-state index contributed by atoms with van der Waals surface area (Å²) in [5.41, 5.74) is 1.62. The van der Waals surface area contributed by atoms with Crippen molar-refractivity contribution in [3.63, 3.8) is 0 Å². The highest BCUT2D eigenvalue weighted by Gasteiger charge is 1.98. The summed E-state index contributed by atoms with van der Waals surface area (Å²) in [5, 5.41) is 8.80. The number of allylic oxidation sites excluding steroid dienone is 2. The van der Waals surface area contributed by atoms with Crippen molar-refractivity contribution in [2.24, 2.45) is 0 Å². The summed E-state index contributed by atoms with van der Waals surface area (Å²) in [7, 11) is 0. The zero-order valence-corrected chi connectivity index (χ0v) is 8.45. The molecule has 0 saturated heterocycles. The summed E-state index contributed by atoms with van der Waals surface area (Å²) in [6, 6.07) is 9.67. The van der Waals surface area contributed by atoms with Crippen LogP contribution in [-0.4, -0.2) is 6.61 Å². The van der Waals surface area contributed by atoms with Gasteiger partial charge in [0.15, 0.2) is 0 Å². The number of ether oxygens (including phenoxy) is 1. The third-order valence-electron chi connectivity index (χ3n) is 1.89. The van der Waals surface area contributed by atoms with E-state index in [4.69, 9.17) is 10.00 Å². The molecule has 0 N–H and O–H groups in total. The van der Waals surface area contributed by atoms with Crippen LogP contribution < -0.4 is 4.74 Å². The predicted octanol–water partition coefficient (Wildman–Crippen LogP) is 3.01. The molecule has 0 saturated carbocycles. The number of nitrogens with zero attached hydrogens (tertiary/aromatic N) is 1. The molecule has 0 aliphatic heterocycles. The topological polar surface area (TPSA) is 33.0 Å². The minimum atomic E-state index is 0.661. The monoisotopic (exact) mass is 187 g/mol. The van der Waals surface area contributed by atoms with Crippen molar-refractivity contribution in [2.75, 3.05) is 6.61 Å². The molecule has 0 bridgehead atoms. The lowest BCUT2D eigenvalue weighted by Crippen LogP contribution is -1.91. The molecule has 14 heavy (non-hydrogen) atoms. The van der Waals surface area contributed by atoms with Gasteiger partial charge in [0.05, 0.1) is 18.2 Å². The molecule has 0 aliphatic rings. The Morgan fingerprint density at radius 3 is 2.50 bits per heavy atom. The van der Waals surface area contributed by atoms with Crippen LogP contribution in [0, 0.1) is 11.3 Å². The first-order valence-electron chi connectivity index (χ1n) is 4.61. The fraction of sp³-hybridized carbons (Fsp3) is 0.250. The van der Waals surface area contributed by atoms with Gasteiger partial charge in [-0.1, -0.05) is 6.08 Å². The lowest BCUT2D eigenvalue weighted by Gasteiger charge is -2.03. The molecule has 0 amide bonds. The van der Waals surface area contributed by atoms with Crippen LogP contribution in [0.2, 0.25) is 0 Å². The van der Waals surface area contributed by atoms with Gasteiger partial charge in [0.1, 0.15) is 5.75 Å². The Morgan fingerprint density at radius 2 is 2.07 bits per heavy atom. The molecule has 2 heteroatoms. The fourth-order valence-electron chi connectivity index (χ4n) is 1.19. The van der Waals surface area contributed by atoms with E-state index >= 15 is 0 Å². The first-order chi connectivity index (χ1) is 6.81. The fourth-order valence-corrected chi connectivity index (χ4v) is 1.19. The number of benzene rings is 1. The summed E-state index contributed by atoms with van der Waals surface area (Å²) >= 11 is 0. The molecule has 0 unspecified atom stereocenters. The summed E-state index contributed by atoms with van der Waals surface area (Å²) < 4.78 is 5.31. The second-order valence-corrected chi connectivity index (χ2v) is 2.77. The van der Waals surface area contributed by atoms with Crippen LogP contribution >= 0.6 is 0 Å². The summed E-state index contributed by atoms with van der Waals surface area (Å²) in [5.74, 6) is 0.838. The highest BCUT2D eigenvalue weighted by Crippen LogP contribution is 2.17. The highest BCUT2D eigenvalue weighted by molar-refractivity contribution is 5.76. The van der Waals surface area contributed by atoms with Crippen molar-refractivity contribution in [3.8, 4) is 11.8 Å². The van der Waals surface area contributed by atoms with Crippen LogP contribution in [0.5, 0.6) is 5.75 Å². The molecule has 0 aromatic heterocycles. The van der Waals surface area contributed by atoms with E-state index in [0.717, 1.165) is 11.3 Å². The Morgan fingerprint density at radius 1 is 1.43 bits per heavy atom. The highest BCUT2D eigenvalue weighted by atomic mass is 16.5. The smallest absolute Gasteiger partial charge is 0.119 e. The van der Waals surface area contributed by atoms with Gasteiger partial charge in [0.2, 0.25) is 0 Å². The van der Waals surface area contributed by atoms with Crippen LogP contribution in [0.25, 0.3) is 5.57 Å². The maximum absolute atomic E-state index is 8.80. The van der Waals surface area contributed by atoms with Gasteiger partial charge in [-0.25, -0.2) is 0 Å². The number of nitriles is 1. The lowest BCUT2D eigenvalue weighted by atomic mass is 10.1. The first-order valence-corrected chi connectivity index (χ1v) is 4.61. The molecule has 2 nitrogen and oxygen atoms in total. The Labute approximate surface area is 84.4 Å². The molecule has 0 aliphatic carbocycles. The first kappa shape index (κ1) is 10.3. The molecule has 72 valence electrons. The SMILES string of the molecule is C/C=C(\C#N)c1ccc(OCC)cc1. The normalized spacial score (nSPS) is 10.8. The zero-order chi connectivity index (χ0) is 10.4. The van der Waals surface area contributed by atoms with Crippen molar-refractivity contribution >= 4 is 5.57 Å². The molecule has 0 atom stereocenters. The van der Waals surface area contributed by atoms with E-state index in [9.17, 15) is 0 Å². The van der Waals surface area contributed by atoms with Crippen LogP contribution in [-0.2, 0) is 0 Å². The van der Waals surface area contributed by atoms with Gasteiger partial charge in [-0.3, -0.25) is 0 Å². The quantitative estimate of drug-likeness (QED) is 0.681. The van der Waals surface area contributed by atoms with Crippen LogP contribution in [0.3, 0.4) is 0 Å². The van der Waals surface area contributed by atoms with Crippen molar-refractivity contribution in [3.05, 3.63) is 35.9 Å². The Balaban J connectivity index is 2.89. The van der Waals surface area contributed by atoms with E-state index in [0.29, 0.717) is 12.2 Å². The second-order valence-electron chi connectivity index (χ2n) is 2.77. The largest absolute Gasteiger partial charge is 0.494 e. The lowest BCUT2D eigenvalue weighted by molar-refractivity contribution is 0.340. The van der Waals surface area contributed by atoms with E-state index in [1.807, 2.05) is 38.1 Å². The van der Waals surface area contributed by atoms with Gasteiger partial charge >= 0.3 is 0 Å². The standard InChI is InChI=1S/C12H13NO/c1-3-10(9-13)11-5-7-12(8-6-11)14-4-2/h3,5-8H,4H2,1-2H3/b10-3+. The predicted molar refractivity (Wildman–Crippen MR) is 56.9 cm³/mol. The Kier molecular flexibility index (Phi) is 3.75. The third kappa shape index (κ3) is 2.37. The summed E-state index contributed by atoms with van der Waals surface area (Å²) in [4.78, 5) is 0. The van der Waals surface area contributed by atoms with E-state index < -0.39 is 0 Å². The van der Waals surface area contributed by atoms with Crippen LogP contribution in [0.4, 0.5) is 0 Å². The van der Waals surface area contributed by atoms with E-state index in [2.05, 4.69) is 6.07 Å². The molecular formula is C12H13NO. The molecule has 0 heterocycles. The molecule has 1 aromatic rings. The minimum Gasteiger partial charge on any atom is -0.494 e. The van der Waals surface area contributed by atoms with Gasteiger partial charge in [-0.2, -0.15) is 5.26 Å². The average Bonchev–Trinajstić information content (AvgIpc) is 2.23. The average molecular weight is 187 g/mol. The maximum atomic E-state index is 8.80.